The van der Waals surface area contributed by atoms with Gasteiger partial charge in [-0.3, -0.25) is 4.98 Å². The average Bonchev–Trinajstić information content (AvgIpc) is 3.18. The molecule has 0 aliphatic rings. The van der Waals surface area contributed by atoms with E-state index in [-0.39, 0.29) is 23.4 Å². The molecule has 0 amide bonds. The summed E-state index contributed by atoms with van der Waals surface area (Å²) < 4.78 is 44.2. The van der Waals surface area contributed by atoms with Crippen LogP contribution in [0.3, 0.4) is 0 Å². The van der Waals surface area contributed by atoms with Crippen molar-refractivity contribution in [1.82, 2.24) is 15.1 Å². The Hall–Kier alpha value is -4.22. The van der Waals surface area contributed by atoms with Gasteiger partial charge >= 0.3 is 6.18 Å². The zero-order chi connectivity index (χ0) is 21.7. The number of hydrogen-bond acceptors (Lipinski definition) is 6. The Morgan fingerprint density at radius 2 is 1.80 bits per heavy atom. The number of amidine groups is 1. The second-order valence-corrected chi connectivity index (χ2v) is 5.73. The number of nitrogens with one attached hydrogen (secondary N) is 1. The summed E-state index contributed by atoms with van der Waals surface area (Å²) in [6.45, 7) is 3.69. The van der Waals surface area contributed by atoms with Crippen LogP contribution in [0.25, 0.3) is 11.6 Å². The normalized spacial score (nSPS) is 12.6. The molecule has 0 saturated carbocycles. The second kappa shape index (κ2) is 8.43. The van der Waals surface area contributed by atoms with E-state index in [4.69, 9.17) is 16.0 Å². The summed E-state index contributed by atoms with van der Waals surface area (Å²) in [5.74, 6) is -1.15. The Morgan fingerprint density at radius 3 is 2.50 bits per heavy atom. The first-order valence-electron chi connectivity index (χ1n) is 8.30. The summed E-state index contributed by atoms with van der Waals surface area (Å²) in [6.07, 6.45) is -3.48. The quantitative estimate of drug-likeness (QED) is 0.429. The van der Waals surface area contributed by atoms with Gasteiger partial charge in [-0.25, -0.2) is 0 Å². The zero-order valence-corrected chi connectivity index (χ0v) is 15.3. The van der Waals surface area contributed by atoms with Crippen molar-refractivity contribution in [3.05, 3.63) is 72.4 Å². The number of anilines is 1. The molecule has 2 heterocycles. The number of alkyl halides is 3. The molecule has 0 spiro atoms. The second-order valence-electron chi connectivity index (χ2n) is 5.73. The number of para-hydroxylation sites is 1. The van der Waals surface area contributed by atoms with Crippen molar-refractivity contribution in [3.63, 3.8) is 0 Å². The molecular weight excluding hydrogens is 401 g/mol. The predicted octanol–water partition coefficient (Wildman–Crippen LogP) is 2.75. The van der Waals surface area contributed by atoms with E-state index in [1.807, 2.05) is 18.2 Å². The third-order valence-corrected chi connectivity index (χ3v) is 3.52. The largest absolute Gasteiger partial charge is 0.418 e. The Kier molecular flexibility index (Phi) is 5.76. The first-order valence-corrected chi connectivity index (χ1v) is 8.30. The number of benzene rings is 1. The van der Waals surface area contributed by atoms with Crippen molar-refractivity contribution in [3.8, 4) is 11.6 Å². The molecule has 0 aliphatic heterocycles. The van der Waals surface area contributed by atoms with Crippen molar-refractivity contribution >= 4 is 17.5 Å². The molecule has 5 N–H and O–H groups in total. The molecule has 0 atom stereocenters. The van der Waals surface area contributed by atoms with Crippen LogP contribution in [0.4, 0.5) is 18.9 Å². The van der Waals surface area contributed by atoms with Gasteiger partial charge in [0.05, 0.1) is 5.56 Å². The number of nitrogens with two attached hydrogens (primary N) is 2. The van der Waals surface area contributed by atoms with E-state index in [2.05, 4.69) is 37.0 Å². The lowest BCUT2D eigenvalue weighted by Crippen LogP contribution is -2.21. The smallest absolute Gasteiger partial charge is 0.380 e. The summed E-state index contributed by atoms with van der Waals surface area (Å²) in [5, 5.41) is 6.41. The molecule has 1 aromatic carbocycles. The van der Waals surface area contributed by atoms with Crippen molar-refractivity contribution in [2.45, 2.75) is 6.18 Å². The molecule has 0 aliphatic carbocycles. The van der Waals surface area contributed by atoms with E-state index in [0.29, 0.717) is 0 Å². The van der Waals surface area contributed by atoms with Crippen LogP contribution in [0.2, 0.25) is 0 Å². The first kappa shape index (κ1) is 20.5. The van der Waals surface area contributed by atoms with Gasteiger partial charge in [0, 0.05) is 11.9 Å². The lowest BCUT2D eigenvalue weighted by atomic mass is 10.2. The number of nitrogens with zero attached hydrogens (tertiary/aromatic N) is 5. The number of pyridine rings is 1. The molecule has 2 aromatic heterocycles. The lowest BCUT2D eigenvalue weighted by molar-refractivity contribution is -0.137. The Bertz CT molecular complexity index is 1110. The Morgan fingerprint density at radius 1 is 1.07 bits per heavy atom. The Balaban J connectivity index is 1.78. The van der Waals surface area contributed by atoms with E-state index < -0.39 is 23.3 Å². The van der Waals surface area contributed by atoms with Gasteiger partial charge in [-0.05, 0) is 24.3 Å². The molecule has 9 nitrogen and oxygen atoms in total. The van der Waals surface area contributed by atoms with E-state index in [1.54, 1.807) is 12.1 Å². The van der Waals surface area contributed by atoms with E-state index >= 15 is 0 Å². The van der Waals surface area contributed by atoms with Crippen molar-refractivity contribution in [1.29, 1.82) is 0 Å². The molecular formula is C18H15F3N8O. The minimum atomic E-state index is -4.65. The van der Waals surface area contributed by atoms with Gasteiger partial charge in [0.1, 0.15) is 11.5 Å². The number of aliphatic imine (C=N–C) groups is 2. The molecule has 0 bridgehead atoms. The molecule has 0 fully saturated rings. The minimum Gasteiger partial charge on any atom is -0.380 e. The maximum Gasteiger partial charge on any atom is 0.418 e. The maximum absolute atomic E-state index is 13.1. The van der Waals surface area contributed by atoms with Crippen LogP contribution < -0.4 is 16.8 Å². The molecule has 0 unspecified atom stereocenters. The molecule has 3 rings (SSSR count). The highest BCUT2D eigenvalue weighted by Gasteiger charge is 2.36. The predicted molar refractivity (Wildman–Crippen MR) is 104 cm³/mol. The monoisotopic (exact) mass is 416 g/mol. The summed E-state index contributed by atoms with van der Waals surface area (Å²) in [6, 6.07) is 11.1. The number of rotatable bonds is 5. The fourth-order valence-corrected chi connectivity index (χ4v) is 2.28. The van der Waals surface area contributed by atoms with E-state index in [0.717, 1.165) is 17.8 Å². The summed E-state index contributed by atoms with van der Waals surface area (Å²) in [7, 11) is 0. The summed E-state index contributed by atoms with van der Waals surface area (Å²) in [4.78, 5) is 15.2. The van der Waals surface area contributed by atoms with Crippen LogP contribution in [0.15, 0.2) is 75.6 Å². The molecule has 154 valence electrons. The standard InChI is InChI=1S/C18H15F3N8O/c1-10(25-11-6-3-2-4-7-11)26-17(23)27-14(22)15-28-16(30-29-15)13-12(18(19,20)21)8-5-9-24-13/h2-9,25H,1H2,(H4,22,23,26,27). The highest BCUT2D eigenvalue weighted by atomic mass is 19.4. The summed E-state index contributed by atoms with van der Waals surface area (Å²) >= 11 is 0. The molecule has 12 heteroatoms. The van der Waals surface area contributed by atoms with Gasteiger partial charge in [0.25, 0.3) is 5.89 Å². The molecule has 0 radical (unpaired) electrons. The van der Waals surface area contributed by atoms with Crippen LogP contribution in [0.5, 0.6) is 0 Å². The summed E-state index contributed by atoms with van der Waals surface area (Å²) in [5.41, 5.74) is 10.6. The highest BCUT2D eigenvalue weighted by Crippen LogP contribution is 2.34. The average molecular weight is 416 g/mol. The van der Waals surface area contributed by atoms with E-state index in [1.165, 1.54) is 6.20 Å². The SMILES string of the molecule is C=C(/N=C(N)\N=C(/N)c1noc(-c2ncccc2C(F)(F)F)n1)Nc1ccccc1. The first-order chi connectivity index (χ1) is 14.2. The third kappa shape index (κ3) is 4.98. The number of hydrogen-bond donors (Lipinski definition) is 3. The fraction of sp³-hybridized carbons (Fsp3) is 0.0556. The Labute approximate surface area is 168 Å². The fourth-order valence-electron chi connectivity index (χ4n) is 2.28. The topological polar surface area (TPSA) is 141 Å². The van der Waals surface area contributed by atoms with Crippen LogP contribution in [-0.2, 0) is 6.18 Å². The van der Waals surface area contributed by atoms with Gasteiger partial charge < -0.3 is 21.3 Å². The third-order valence-electron chi connectivity index (χ3n) is 3.52. The minimum absolute atomic E-state index is 0.187. The van der Waals surface area contributed by atoms with Crippen molar-refractivity contribution in [2.24, 2.45) is 21.5 Å². The van der Waals surface area contributed by atoms with Gasteiger partial charge in [-0.1, -0.05) is 29.9 Å². The molecule has 0 saturated heterocycles. The van der Waals surface area contributed by atoms with Crippen LogP contribution >= 0.6 is 0 Å². The van der Waals surface area contributed by atoms with Gasteiger partial charge in [0.2, 0.25) is 11.8 Å². The van der Waals surface area contributed by atoms with Crippen molar-refractivity contribution < 1.29 is 17.7 Å². The number of halogens is 3. The van der Waals surface area contributed by atoms with Crippen LogP contribution in [0.1, 0.15) is 11.4 Å². The van der Waals surface area contributed by atoms with Crippen LogP contribution in [-0.4, -0.2) is 26.9 Å². The zero-order valence-electron chi connectivity index (χ0n) is 15.3. The maximum atomic E-state index is 13.1. The van der Waals surface area contributed by atoms with Gasteiger partial charge in [0.15, 0.2) is 5.84 Å². The highest BCUT2D eigenvalue weighted by molar-refractivity contribution is 6.02. The van der Waals surface area contributed by atoms with Gasteiger partial charge in [-0.2, -0.15) is 28.1 Å². The van der Waals surface area contributed by atoms with Gasteiger partial charge in [-0.15, -0.1) is 0 Å². The van der Waals surface area contributed by atoms with E-state index in [9.17, 15) is 13.2 Å². The lowest BCUT2D eigenvalue weighted by Gasteiger charge is -2.08. The number of guanidine groups is 1. The van der Waals surface area contributed by atoms with Crippen LogP contribution in [0, 0.1) is 0 Å². The van der Waals surface area contributed by atoms with Crippen molar-refractivity contribution in [2.75, 3.05) is 5.32 Å². The molecule has 3 aromatic rings. The number of aromatic nitrogens is 3. The molecule has 30 heavy (non-hydrogen) atoms.